The summed E-state index contributed by atoms with van der Waals surface area (Å²) in [6.45, 7) is 1.98. The van der Waals surface area contributed by atoms with E-state index in [0.717, 1.165) is 12.0 Å². The van der Waals surface area contributed by atoms with Crippen LogP contribution in [-0.4, -0.2) is 16.0 Å². The number of hydrogen-bond donors (Lipinski definition) is 1. The van der Waals surface area contributed by atoms with E-state index in [9.17, 15) is 0 Å². The molecule has 0 aliphatic carbocycles. The molecule has 64 valence electrons. The highest BCUT2D eigenvalue weighted by molar-refractivity contribution is 5.45. The molecule has 0 saturated carbocycles. The standard InChI is InChI=1S/C9H13N3/c1-8(10)3-2-4-9-5-11-7-12-6-9/h2,4-8H,3,10H2,1H3/b4-2+. The summed E-state index contributed by atoms with van der Waals surface area (Å²) in [5, 5.41) is 0. The summed E-state index contributed by atoms with van der Waals surface area (Å²) in [5.41, 5.74) is 6.59. The number of aromatic nitrogens is 2. The molecule has 1 atom stereocenters. The lowest BCUT2D eigenvalue weighted by atomic mass is 10.2. The largest absolute Gasteiger partial charge is 0.328 e. The second-order valence-electron chi connectivity index (χ2n) is 2.79. The summed E-state index contributed by atoms with van der Waals surface area (Å²) >= 11 is 0. The van der Waals surface area contributed by atoms with Crippen LogP contribution in [0, 0.1) is 0 Å². The first kappa shape index (κ1) is 8.87. The van der Waals surface area contributed by atoms with Gasteiger partial charge in [-0.2, -0.15) is 0 Å². The smallest absolute Gasteiger partial charge is 0.115 e. The molecule has 0 fully saturated rings. The molecule has 2 N–H and O–H groups in total. The van der Waals surface area contributed by atoms with Crippen molar-refractivity contribution in [3.63, 3.8) is 0 Å². The first-order valence-electron chi connectivity index (χ1n) is 3.96. The molecule has 0 amide bonds. The zero-order chi connectivity index (χ0) is 8.81. The topological polar surface area (TPSA) is 51.8 Å². The molecular formula is C9H13N3. The number of nitrogens with zero attached hydrogens (tertiary/aromatic N) is 2. The molecule has 1 unspecified atom stereocenters. The Morgan fingerprint density at radius 3 is 2.75 bits per heavy atom. The zero-order valence-corrected chi connectivity index (χ0v) is 7.14. The molecule has 1 heterocycles. The van der Waals surface area contributed by atoms with Gasteiger partial charge in [0.2, 0.25) is 0 Å². The van der Waals surface area contributed by atoms with Crippen molar-refractivity contribution in [2.24, 2.45) is 5.73 Å². The summed E-state index contributed by atoms with van der Waals surface area (Å²) in [6, 6.07) is 0.214. The van der Waals surface area contributed by atoms with Crippen LogP contribution in [0.4, 0.5) is 0 Å². The molecule has 0 spiro atoms. The Kier molecular flexibility index (Phi) is 3.41. The van der Waals surface area contributed by atoms with Crippen molar-refractivity contribution in [2.75, 3.05) is 0 Å². The lowest BCUT2D eigenvalue weighted by Crippen LogP contribution is -2.12. The minimum atomic E-state index is 0.214. The molecule has 3 heteroatoms. The lowest BCUT2D eigenvalue weighted by molar-refractivity contribution is 0.759. The summed E-state index contributed by atoms with van der Waals surface area (Å²) in [7, 11) is 0. The van der Waals surface area contributed by atoms with E-state index in [4.69, 9.17) is 5.73 Å². The number of hydrogen-bond acceptors (Lipinski definition) is 3. The third-order valence-electron chi connectivity index (χ3n) is 1.40. The predicted molar refractivity (Wildman–Crippen MR) is 49.3 cm³/mol. The van der Waals surface area contributed by atoms with Gasteiger partial charge in [0.15, 0.2) is 0 Å². The SMILES string of the molecule is CC(N)C/C=C/c1cncnc1. The Hall–Kier alpha value is -1.22. The fourth-order valence-corrected chi connectivity index (χ4v) is 0.815. The van der Waals surface area contributed by atoms with Crippen LogP contribution in [0.1, 0.15) is 18.9 Å². The first-order chi connectivity index (χ1) is 5.79. The van der Waals surface area contributed by atoms with E-state index in [0.29, 0.717) is 0 Å². The molecule has 3 nitrogen and oxygen atoms in total. The van der Waals surface area contributed by atoms with Gasteiger partial charge >= 0.3 is 0 Å². The Balaban J connectivity index is 2.47. The van der Waals surface area contributed by atoms with E-state index in [1.54, 1.807) is 12.4 Å². The molecule has 0 aromatic carbocycles. The minimum Gasteiger partial charge on any atom is -0.328 e. The van der Waals surface area contributed by atoms with Crippen molar-refractivity contribution in [2.45, 2.75) is 19.4 Å². The van der Waals surface area contributed by atoms with Gasteiger partial charge in [0.25, 0.3) is 0 Å². The van der Waals surface area contributed by atoms with Crippen molar-refractivity contribution >= 4 is 6.08 Å². The van der Waals surface area contributed by atoms with Gasteiger partial charge in [-0.05, 0) is 13.3 Å². The number of nitrogens with two attached hydrogens (primary N) is 1. The van der Waals surface area contributed by atoms with Crippen molar-refractivity contribution in [1.82, 2.24) is 9.97 Å². The van der Waals surface area contributed by atoms with Gasteiger partial charge in [-0.25, -0.2) is 9.97 Å². The summed E-state index contributed by atoms with van der Waals surface area (Å²) in [6.07, 6.45) is 9.94. The maximum Gasteiger partial charge on any atom is 0.115 e. The van der Waals surface area contributed by atoms with Gasteiger partial charge in [-0.1, -0.05) is 12.2 Å². The second kappa shape index (κ2) is 4.62. The average molecular weight is 163 g/mol. The highest BCUT2D eigenvalue weighted by atomic mass is 14.8. The van der Waals surface area contributed by atoms with Crippen LogP contribution in [0.15, 0.2) is 24.8 Å². The van der Waals surface area contributed by atoms with Crippen LogP contribution in [0.5, 0.6) is 0 Å². The Morgan fingerprint density at radius 1 is 1.50 bits per heavy atom. The van der Waals surface area contributed by atoms with Gasteiger partial charge < -0.3 is 5.73 Å². The van der Waals surface area contributed by atoms with Crippen molar-refractivity contribution in [3.8, 4) is 0 Å². The molecule has 0 saturated heterocycles. The molecule has 0 radical (unpaired) electrons. The third kappa shape index (κ3) is 3.25. The van der Waals surface area contributed by atoms with Crippen molar-refractivity contribution in [1.29, 1.82) is 0 Å². The monoisotopic (exact) mass is 163 g/mol. The Bertz CT molecular complexity index is 241. The Morgan fingerprint density at radius 2 is 2.17 bits per heavy atom. The molecular weight excluding hydrogens is 150 g/mol. The van der Waals surface area contributed by atoms with Crippen molar-refractivity contribution in [3.05, 3.63) is 30.4 Å². The van der Waals surface area contributed by atoms with E-state index >= 15 is 0 Å². The summed E-state index contributed by atoms with van der Waals surface area (Å²) in [4.78, 5) is 7.78. The fraction of sp³-hybridized carbons (Fsp3) is 0.333. The van der Waals surface area contributed by atoms with Gasteiger partial charge in [-0.15, -0.1) is 0 Å². The number of rotatable bonds is 3. The van der Waals surface area contributed by atoms with Gasteiger partial charge in [0.05, 0.1) is 0 Å². The summed E-state index contributed by atoms with van der Waals surface area (Å²) < 4.78 is 0. The quantitative estimate of drug-likeness (QED) is 0.729. The normalized spacial score (nSPS) is 13.5. The minimum absolute atomic E-state index is 0.214. The van der Waals surface area contributed by atoms with Gasteiger partial charge in [-0.3, -0.25) is 0 Å². The van der Waals surface area contributed by atoms with E-state index in [2.05, 4.69) is 9.97 Å². The summed E-state index contributed by atoms with van der Waals surface area (Å²) in [5.74, 6) is 0. The molecule has 1 rings (SSSR count). The highest BCUT2D eigenvalue weighted by Gasteiger charge is 1.88. The van der Waals surface area contributed by atoms with Gasteiger partial charge in [0, 0.05) is 24.0 Å². The molecule has 0 aliphatic rings. The molecule has 1 aromatic heterocycles. The second-order valence-corrected chi connectivity index (χ2v) is 2.79. The molecule has 12 heavy (non-hydrogen) atoms. The van der Waals surface area contributed by atoms with Gasteiger partial charge in [0.1, 0.15) is 6.33 Å². The first-order valence-corrected chi connectivity index (χ1v) is 3.96. The van der Waals surface area contributed by atoms with Crippen LogP contribution in [-0.2, 0) is 0 Å². The van der Waals surface area contributed by atoms with E-state index < -0.39 is 0 Å². The third-order valence-corrected chi connectivity index (χ3v) is 1.40. The average Bonchev–Trinajstić information content (AvgIpc) is 2.05. The molecule has 0 aliphatic heterocycles. The van der Waals surface area contributed by atoms with Crippen LogP contribution in [0.2, 0.25) is 0 Å². The highest BCUT2D eigenvalue weighted by Crippen LogP contribution is 1.98. The van der Waals surface area contributed by atoms with Crippen LogP contribution in [0.3, 0.4) is 0 Å². The van der Waals surface area contributed by atoms with E-state index in [1.165, 1.54) is 6.33 Å². The predicted octanol–water partition coefficient (Wildman–Crippen LogP) is 1.23. The lowest BCUT2D eigenvalue weighted by Gasteiger charge is -1.96. The fourth-order valence-electron chi connectivity index (χ4n) is 0.815. The Labute approximate surface area is 72.3 Å². The molecule has 0 bridgehead atoms. The maximum absolute atomic E-state index is 5.57. The van der Waals surface area contributed by atoms with Crippen LogP contribution >= 0.6 is 0 Å². The van der Waals surface area contributed by atoms with Crippen LogP contribution in [0.25, 0.3) is 6.08 Å². The van der Waals surface area contributed by atoms with Crippen LogP contribution < -0.4 is 5.73 Å². The zero-order valence-electron chi connectivity index (χ0n) is 7.14. The maximum atomic E-state index is 5.57. The van der Waals surface area contributed by atoms with Crippen molar-refractivity contribution < 1.29 is 0 Å². The van der Waals surface area contributed by atoms with E-state index in [1.807, 2.05) is 19.1 Å². The van der Waals surface area contributed by atoms with E-state index in [-0.39, 0.29) is 6.04 Å². The molecule has 1 aromatic rings.